The normalized spacial score (nSPS) is 18.7. The molecule has 1 unspecified atom stereocenters. The molecule has 2 aromatic carbocycles. The van der Waals surface area contributed by atoms with Gasteiger partial charge in [-0.05, 0) is 36.6 Å². The third-order valence-electron chi connectivity index (χ3n) is 4.41. The predicted molar refractivity (Wildman–Crippen MR) is 111 cm³/mol. The number of nitrogens with zero attached hydrogens (tertiary/aromatic N) is 1. The van der Waals surface area contributed by atoms with Crippen molar-refractivity contribution in [1.29, 1.82) is 0 Å². The second-order valence-electron chi connectivity index (χ2n) is 6.02. The first-order valence-electron chi connectivity index (χ1n) is 9.25. The third kappa shape index (κ3) is 4.16. The fourth-order valence-electron chi connectivity index (χ4n) is 3.17. The van der Waals surface area contributed by atoms with Crippen molar-refractivity contribution < 1.29 is 4.39 Å². The van der Waals surface area contributed by atoms with Crippen molar-refractivity contribution in [2.45, 2.75) is 43.3 Å². The lowest BCUT2D eigenvalue weighted by Gasteiger charge is -2.18. The molecule has 1 atom stereocenters. The zero-order valence-electron chi connectivity index (χ0n) is 15.3. The van der Waals surface area contributed by atoms with Gasteiger partial charge in [0.2, 0.25) is 0 Å². The molecule has 0 bridgehead atoms. The van der Waals surface area contributed by atoms with Gasteiger partial charge in [-0.3, -0.25) is 4.99 Å². The molecule has 1 aliphatic carbocycles. The highest BCUT2D eigenvalue weighted by molar-refractivity contribution is 7.99. The Hall–Kier alpha value is -2.13. The quantitative estimate of drug-likeness (QED) is 0.539. The topological polar surface area (TPSA) is 12.4 Å². The summed E-state index contributed by atoms with van der Waals surface area (Å²) in [6.45, 7) is 4.00. The Bertz CT molecular complexity index is 851. The number of thioether (sulfide) groups is 1. The van der Waals surface area contributed by atoms with Crippen molar-refractivity contribution in [3.63, 3.8) is 0 Å². The van der Waals surface area contributed by atoms with E-state index in [0.29, 0.717) is 0 Å². The minimum Gasteiger partial charge on any atom is -0.252 e. The van der Waals surface area contributed by atoms with Crippen molar-refractivity contribution in [3.8, 4) is 0 Å². The van der Waals surface area contributed by atoms with Crippen LogP contribution in [0.4, 0.5) is 10.1 Å². The van der Waals surface area contributed by atoms with Gasteiger partial charge < -0.3 is 0 Å². The summed E-state index contributed by atoms with van der Waals surface area (Å²) in [7, 11) is 0. The largest absolute Gasteiger partial charge is 0.252 e. The molecule has 2 aromatic rings. The molecule has 0 aromatic heterocycles. The monoisotopic (exact) mass is 365 g/mol. The van der Waals surface area contributed by atoms with Crippen LogP contribution in [0.3, 0.4) is 0 Å². The molecule has 0 N–H and O–H groups in total. The van der Waals surface area contributed by atoms with Crippen LogP contribution in [0.15, 0.2) is 82.2 Å². The van der Waals surface area contributed by atoms with E-state index in [2.05, 4.69) is 24.3 Å². The van der Waals surface area contributed by atoms with Crippen LogP contribution in [0.25, 0.3) is 0 Å². The molecule has 2 aliphatic rings. The van der Waals surface area contributed by atoms with Gasteiger partial charge in [-0.2, -0.15) is 0 Å². The maximum absolute atomic E-state index is 14.4. The molecule has 134 valence electrons. The summed E-state index contributed by atoms with van der Waals surface area (Å²) in [5.41, 5.74) is 4.12. The summed E-state index contributed by atoms with van der Waals surface area (Å²) >= 11 is 1.71. The van der Waals surface area contributed by atoms with Crippen LogP contribution in [0.5, 0.6) is 0 Å². The number of aliphatic imine (C=N–C) groups is 1. The van der Waals surface area contributed by atoms with Gasteiger partial charge in [0.1, 0.15) is 5.82 Å². The molecule has 0 saturated carbocycles. The number of allylic oxidation sites excluding steroid dienone is 4. The van der Waals surface area contributed by atoms with Crippen molar-refractivity contribution in [3.05, 3.63) is 83.7 Å². The number of hydrogen-bond donors (Lipinski definition) is 0. The van der Waals surface area contributed by atoms with E-state index in [0.717, 1.165) is 41.1 Å². The Morgan fingerprint density at radius 2 is 1.81 bits per heavy atom. The number of para-hydroxylation sites is 1. The van der Waals surface area contributed by atoms with Gasteiger partial charge >= 0.3 is 0 Å². The molecule has 0 fully saturated rings. The zero-order valence-corrected chi connectivity index (χ0v) is 16.1. The van der Waals surface area contributed by atoms with E-state index < -0.39 is 0 Å². The predicted octanol–water partition coefficient (Wildman–Crippen LogP) is 7.44. The van der Waals surface area contributed by atoms with Crippen molar-refractivity contribution in [2.24, 2.45) is 4.99 Å². The third-order valence-corrected chi connectivity index (χ3v) is 5.71. The smallest absolute Gasteiger partial charge is 0.127 e. The first kappa shape index (κ1) is 18.7. The van der Waals surface area contributed by atoms with Crippen LogP contribution in [0.2, 0.25) is 0 Å². The number of fused-ring (bicyclic) bond motifs is 1. The summed E-state index contributed by atoms with van der Waals surface area (Å²) in [5.74, 6) is -0.133. The number of rotatable bonds is 2. The minimum atomic E-state index is -0.133. The molecule has 0 saturated heterocycles. The lowest BCUT2D eigenvalue weighted by Crippen LogP contribution is -2.09. The standard InChI is InChI=1S/C21H18FNS.C2H6/c22-17-11-5-4-10-16(17)21-14-19(15-8-2-1-3-9-15)23-18-12-6-7-13-20(18)24-21;1-2/h1-2,4-8,10-13,21H,3,9,14H2;1-2H3. The Morgan fingerprint density at radius 1 is 1.04 bits per heavy atom. The molecular formula is C23H24FNS. The number of benzene rings is 2. The van der Waals surface area contributed by atoms with Gasteiger partial charge in [-0.25, -0.2) is 4.39 Å². The molecule has 1 heterocycles. The van der Waals surface area contributed by atoms with E-state index in [1.165, 1.54) is 5.57 Å². The minimum absolute atomic E-state index is 0.0420. The van der Waals surface area contributed by atoms with Crippen molar-refractivity contribution in [1.82, 2.24) is 0 Å². The van der Waals surface area contributed by atoms with E-state index >= 15 is 0 Å². The fourth-order valence-corrected chi connectivity index (χ4v) is 4.42. The molecule has 4 rings (SSSR count). The summed E-state index contributed by atoms with van der Waals surface area (Å²) in [4.78, 5) is 6.06. The van der Waals surface area contributed by atoms with E-state index in [1.807, 2.05) is 44.2 Å². The lowest BCUT2D eigenvalue weighted by molar-refractivity contribution is 0.609. The Kier molecular flexibility index (Phi) is 6.45. The van der Waals surface area contributed by atoms with E-state index in [-0.39, 0.29) is 11.1 Å². The average Bonchev–Trinajstić information content (AvgIpc) is 2.90. The van der Waals surface area contributed by atoms with E-state index in [4.69, 9.17) is 4.99 Å². The molecule has 0 radical (unpaired) electrons. The van der Waals surface area contributed by atoms with Crippen LogP contribution >= 0.6 is 11.8 Å². The first-order chi connectivity index (χ1) is 12.8. The summed E-state index contributed by atoms with van der Waals surface area (Å²) in [6.07, 6.45) is 9.23. The fraction of sp³-hybridized carbons (Fsp3) is 0.261. The van der Waals surface area contributed by atoms with Gasteiger partial charge in [0.15, 0.2) is 0 Å². The molecule has 0 spiro atoms. The van der Waals surface area contributed by atoms with Crippen LogP contribution in [0.1, 0.15) is 43.9 Å². The number of halogens is 1. The lowest BCUT2D eigenvalue weighted by atomic mass is 9.95. The Labute approximate surface area is 159 Å². The highest BCUT2D eigenvalue weighted by Crippen LogP contribution is 2.46. The van der Waals surface area contributed by atoms with Gasteiger partial charge in [0.25, 0.3) is 0 Å². The number of hydrogen-bond acceptors (Lipinski definition) is 2. The average molecular weight is 366 g/mol. The van der Waals surface area contributed by atoms with Crippen molar-refractivity contribution >= 4 is 23.2 Å². The summed E-state index contributed by atoms with van der Waals surface area (Å²) in [5, 5.41) is 0.0420. The molecule has 0 amide bonds. The highest BCUT2D eigenvalue weighted by atomic mass is 32.2. The second-order valence-corrected chi connectivity index (χ2v) is 7.26. The molecular weight excluding hydrogens is 341 g/mol. The highest BCUT2D eigenvalue weighted by Gasteiger charge is 2.25. The zero-order chi connectivity index (χ0) is 18.4. The Morgan fingerprint density at radius 3 is 2.58 bits per heavy atom. The van der Waals surface area contributed by atoms with Crippen LogP contribution < -0.4 is 0 Å². The van der Waals surface area contributed by atoms with Gasteiger partial charge in [-0.15, -0.1) is 11.8 Å². The van der Waals surface area contributed by atoms with Crippen LogP contribution in [0, 0.1) is 5.82 Å². The Balaban J connectivity index is 0.000000948. The molecule has 3 heteroatoms. The summed E-state index contributed by atoms with van der Waals surface area (Å²) < 4.78 is 14.4. The van der Waals surface area contributed by atoms with Gasteiger partial charge in [-0.1, -0.05) is 62.4 Å². The first-order valence-corrected chi connectivity index (χ1v) is 10.1. The SMILES string of the molecule is CC.Fc1ccccc1C1CC(C2=CC=CCC2)=Nc2ccccc2S1. The second kappa shape index (κ2) is 9.00. The molecule has 26 heavy (non-hydrogen) atoms. The maximum Gasteiger partial charge on any atom is 0.127 e. The van der Waals surface area contributed by atoms with Crippen LogP contribution in [-0.2, 0) is 0 Å². The maximum atomic E-state index is 14.4. The molecule has 1 aliphatic heterocycles. The van der Waals surface area contributed by atoms with Gasteiger partial charge in [0.05, 0.1) is 5.69 Å². The molecule has 1 nitrogen and oxygen atoms in total. The van der Waals surface area contributed by atoms with Crippen molar-refractivity contribution in [2.75, 3.05) is 0 Å². The van der Waals surface area contributed by atoms with Crippen LogP contribution in [-0.4, -0.2) is 5.71 Å². The summed E-state index contributed by atoms with van der Waals surface area (Å²) in [6, 6.07) is 15.3. The van der Waals surface area contributed by atoms with E-state index in [9.17, 15) is 4.39 Å². The van der Waals surface area contributed by atoms with Gasteiger partial charge in [0, 0.05) is 27.8 Å². The van der Waals surface area contributed by atoms with E-state index in [1.54, 1.807) is 23.9 Å².